The smallest absolute Gasteiger partial charge is 0.325 e. The van der Waals surface area contributed by atoms with Gasteiger partial charge in [-0.1, -0.05) is 65.3 Å². The molecule has 1 unspecified atom stereocenters. The van der Waals surface area contributed by atoms with E-state index in [1.165, 1.54) is 0 Å². The number of aromatic nitrogens is 2. The monoisotopic (exact) mass is 362 g/mol. The van der Waals surface area contributed by atoms with Gasteiger partial charge in [0.25, 0.3) is 5.91 Å². The van der Waals surface area contributed by atoms with Crippen LogP contribution in [0.4, 0.5) is 4.79 Å². The fourth-order valence-corrected chi connectivity index (χ4v) is 3.08. The Morgan fingerprint density at radius 1 is 1.07 bits per heavy atom. The van der Waals surface area contributed by atoms with Crippen LogP contribution < -0.4 is 5.32 Å². The second-order valence-electron chi connectivity index (χ2n) is 6.69. The Bertz CT molecular complexity index is 998. The van der Waals surface area contributed by atoms with Gasteiger partial charge in [0.05, 0.1) is 0 Å². The molecule has 3 aromatic rings. The zero-order chi connectivity index (χ0) is 19.0. The lowest BCUT2D eigenvalue weighted by Gasteiger charge is -2.21. The van der Waals surface area contributed by atoms with Crippen LogP contribution in [0.3, 0.4) is 0 Å². The lowest BCUT2D eigenvalue weighted by atomic mass is 9.92. The Hall–Kier alpha value is -3.48. The van der Waals surface area contributed by atoms with Crippen LogP contribution in [-0.2, 0) is 16.9 Å². The molecule has 0 spiro atoms. The fraction of sp³-hybridized carbons (Fsp3) is 0.200. The van der Waals surface area contributed by atoms with Crippen LogP contribution >= 0.6 is 0 Å². The molecule has 1 aliphatic heterocycles. The first-order chi connectivity index (χ1) is 13.0. The summed E-state index contributed by atoms with van der Waals surface area (Å²) in [7, 11) is 0. The van der Waals surface area contributed by atoms with Gasteiger partial charge in [-0.05, 0) is 19.4 Å². The first-order valence-electron chi connectivity index (χ1n) is 8.56. The minimum atomic E-state index is -1.11. The van der Waals surface area contributed by atoms with Crippen LogP contribution in [0.2, 0.25) is 0 Å². The molecule has 1 aromatic heterocycles. The van der Waals surface area contributed by atoms with Gasteiger partial charge in [-0.2, -0.15) is 4.98 Å². The molecule has 1 aliphatic rings. The third-order valence-electron chi connectivity index (χ3n) is 4.70. The molecule has 1 N–H and O–H groups in total. The molecule has 7 nitrogen and oxygen atoms in total. The summed E-state index contributed by atoms with van der Waals surface area (Å²) >= 11 is 0. The van der Waals surface area contributed by atoms with Crippen LogP contribution in [0.1, 0.15) is 23.9 Å². The molecule has 136 valence electrons. The van der Waals surface area contributed by atoms with Crippen molar-refractivity contribution in [2.45, 2.75) is 25.9 Å². The van der Waals surface area contributed by atoms with E-state index in [2.05, 4.69) is 15.5 Å². The topological polar surface area (TPSA) is 88.3 Å². The van der Waals surface area contributed by atoms with E-state index in [-0.39, 0.29) is 18.3 Å². The van der Waals surface area contributed by atoms with Crippen LogP contribution in [-0.4, -0.2) is 27.0 Å². The van der Waals surface area contributed by atoms with Gasteiger partial charge < -0.3 is 9.84 Å². The number of hydrogen-bond donors (Lipinski definition) is 1. The van der Waals surface area contributed by atoms with E-state index in [0.717, 1.165) is 21.6 Å². The zero-order valence-electron chi connectivity index (χ0n) is 15.0. The SMILES string of the molecule is Cc1ccc(-c2noc(CN3C(=O)NC(C)(c4ccccc4)C3=O)n2)cc1. The zero-order valence-corrected chi connectivity index (χ0v) is 15.0. The molecule has 2 heterocycles. The number of amides is 3. The Morgan fingerprint density at radius 3 is 2.48 bits per heavy atom. The second kappa shape index (κ2) is 6.35. The Kier molecular flexibility index (Phi) is 3.99. The van der Waals surface area contributed by atoms with Gasteiger partial charge >= 0.3 is 6.03 Å². The largest absolute Gasteiger partial charge is 0.337 e. The number of imide groups is 1. The van der Waals surface area contributed by atoms with Crippen LogP contribution in [0.25, 0.3) is 11.4 Å². The molecule has 0 bridgehead atoms. The number of nitrogens with zero attached hydrogens (tertiary/aromatic N) is 3. The number of aryl methyl sites for hydroxylation is 1. The standard InChI is InChI=1S/C20H18N4O3/c1-13-8-10-14(11-9-13)17-21-16(27-23-17)12-24-18(25)20(2,22-19(24)26)15-6-4-3-5-7-15/h3-11H,12H2,1-2H3,(H,22,26). The fourth-order valence-electron chi connectivity index (χ4n) is 3.08. The maximum Gasteiger partial charge on any atom is 0.325 e. The lowest BCUT2D eigenvalue weighted by molar-refractivity contribution is -0.131. The average molecular weight is 362 g/mol. The van der Waals surface area contributed by atoms with Crippen molar-refractivity contribution < 1.29 is 14.1 Å². The first kappa shape index (κ1) is 17.0. The van der Waals surface area contributed by atoms with Crippen molar-refractivity contribution in [3.05, 3.63) is 71.6 Å². The van der Waals surface area contributed by atoms with E-state index < -0.39 is 11.6 Å². The lowest BCUT2D eigenvalue weighted by Crippen LogP contribution is -2.40. The Morgan fingerprint density at radius 2 is 1.78 bits per heavy atom. The number of carbonyl (C=O) groups is 2. The van der Waals surface area contributed by atoms with Gasteiger partial charge in [-0.15, -0.1) is 0 Å². The van der Waals surface area contributed by atoms with E-state index >= 15 is 0 Å². The summed E-state index contributed by atoms with van der Waals surface area (Å²) in [6.07, 6.45) is 0. The Labute approximate surface area is 156 Å². The van der Waals surface area contributed by atoms with Crippen molar-refractivity contribution in [3.63, 3.8) is 0 Å². The summed E-state index contributed by atoms with van der Waals surface area (Å²) < 4.78 is 5.25. The highest BCUT2D eigenvalue weighted by molar-refractivity contribution is 6.07. The normalized spacial score (nSPS) is 19.4. The molecular formula is C20H18N4O3. The molecule has 2 aromatic carbocycles. The van der Waals surface area contributed by atoms with Gasteiger partial charge in [0.15, 0.2) is 0 Å². The van der Waals surface area contributed by atoms with Crippen molar-refractivity contribution in [2.75, 3.05) is 0 Å². The van der Waals surface area contributed by atoms with E-state index in [9.17, 15) is 9.59 Å². The maximum atomic E-state index is 12.9. The van der Waals surface area contributed by atoms with Gasteiger partial charge in [-0.25, -0.2) is 4.79 Å². The molecule has 1 atom stereocenters. The van der Waals surface area contributed by atoms with E-state index in [1.54, 1.807) is 6.92 Å². The number of hydrogen-bond acceptors (Lipinski definition) is 5. The highest BCUT2D eigenvalue weighted by Crippen LogP contribution is 2.29. The third kappa shape index (κ3) is 2.97. The van der Waals surface area contributed by atoms with E-state index in [1.807, 2.05) is 61.5 Å². The predicted octanol–water partition coefficient (Wildman–Crippen LogP) is 3.01. The van der Waals surface area contributed by atoms with Gasteiger partial charge in [0.2, 0.25) is 11.7 Å². The summed E-state index contributed by atoms with van der Waals surface area (Å²) in [6, 6.07) is 16.3. The highest BCUT2D eigenvalue weighted by atomic mass is 16.5. The van der Waals surface area contributed by atoms with Crippen molar-refractivity contribution >= 4 is 11.9 Å². The molecule has 0 aliphatic carbocycles. The van der Waals surface area contributed by atoms with Crippen LogP contribution in [0.5, 0.6) is 0 Å². The maximum absolute atomic E-state index is 12.9. The number of carbonyl (C=O) groups excluding carboxylic acids is 2. The molecule has 1 saturated heterocycles. The van der Waals surface area contributed by atoms with E-state index in [4.69, 9.17) is 4.52 Å². The molecule has 7 heteroatoms. The Balaban J connectivity index is 1.56. The van der Waals surface area contributed by atoms with Crippen molar-refractivity contribution in [1.29, 1.82) is 0 Å². The minimum Gasteiger partial charge on any atom is -0.337 e. The number of rotatable bonds is 4. The van der Waals surface area contributed by atoms with Crippen LogP contribution in [0, 0.1) is 6.92 Å². The van der Waals surface area contributed by atoms with Crippen molar-refractivity contribution in [2.24, 2.45) is 0 Å². The molecule has 1 fully saturated rings. The first-order valence-corrected chi connectivity index (χ1v) is 8.56. The molecule has 27 heavy (non-hydrogen) atoms. The molecule has 0 saturated carbocycles. The van der Waals surface area contributed by atoms with Gasteiger partial charge in [0, 0.05) is 5.56 Å². The number of urea groups is 1. The summed E-state index contributed by atoms with van der Waals surface area (Å²) in [5.74, 6) is 0.267. The predicted molar refractivity (Wildman–Crippen MR) is 97.3 cm³/mol. The molecule has 0 radical (unpaired) electrons. The van der Waals surface area contributed by atoms with Gasteiger partial charge in [0.1, 0.15) is 12.1 Å². The van der Waals surface area contributed by atoms with Crippen LogP contribution in [0.15, 0.2) is 59.1 Å². The average Bonchev–Trinajstić information content (AvgIpc) is 3.23. The van der Waals surface area contributed by atoms with Crippen molar-refractivity contribution in [3.8, 4) is 11.4 Å². The summed E-state index contributed by atoms with van der Waals surface area (Å²) in [5, 5.41) is 6.71. The quantitative estimate of drug-likeness (QED) is 0.721. The number of nitrogens with one attached hydrogen (secondary N) is 1. The minimum absolute atomic E-state index is 0.0774. The highest BCUT2D eigenvalue weighted by Gasteiger charge is 2.49. The summed E-state index contributed by atoms with van der Waals surface area (Å²) in [5.41, 5.74) is 1.54. The molecule has 3 amide bonds. The summed E-state index contributed by atoms with van der Waals surface area (Å²) in [4.78, 5) is 30.7. The van der Waals surface area contributed by atoms with E-state index in [0.29, 0.717) is 5.82 Å². The van der Waals surface area contributed by atoms with Crippen molar-refractivity contribution in [1.82, 2.24) is 20.4 Å². The van der Waals surface area contributed by atoms with Gasteiger partial charge in [-0.3, -0.25) is 9.69 Å². The number of benzene rings is 2. The molecular weight excluding hydrogens is 344 g/mol. The third-order valence-corrected chi connectivity index (χ3v) is 4.70. The second-order valence-corrected chi connectivity index (χ2v) is 6.69. The molecule has 4 rings (SSSR count). The summed E-state index contributed by atoms with van der Waals surface area (Å²) in [6.45, 7) is 3.60.